The first-order valence-corrected chi connectivity index (χ1v) is 15.6. The summed E-state index contributed by atoms with van der Waals surface area (Å²) in [6.07, 6.45) is 0.558. The van der Waals surface area contributed by atoms with Crippen molar-refractivity contribution in [1.82, 2.24) is 14.7 Å². The van der Waals surface area contributed by atoms with Gasteiger partial charge in [-0.05, 0) is 54.8 Å². The van der Waals surface area contributed by atoms with Crippen LogP contribution in [0, 0.1) is 6.92 Å². The number of hydrogen-bond donors (Lipinski definition) is 3. The van der Waals surface area contributed by atoms with Crippen molar-refractivity contribution in [1.29, 1.82) is 0 Å². The van der Waals surface area contributed by atoms with Crippen molar-refractivity contribution in [2.45, 2.75) is 32.2 Å². The molecule has 47 heavy (non-hydrogen) atoms. The molecule has 1 aliphatic heterocycles. The molecule has 12 nitrogen and oxygen atoms in total. The number of methoxy groups -OCH3 is 1. The summed E-state index contributed by atoms with van der Waals surface area (Å²) in [7, 11) is 4.93. The number of ether oxygens (including phenoxy) is 1. The third-order valence-corrected chi connectivity index (χ3v) is 8.26. The highest BCUT2D eigenvalue weighted by atomic mass is 16.5. The van der Waals surface area contributed by atoms with E-state index in [2.05, 4.69) is 15.5 Å². The molecule has 250 valence electrons. The number of nitrogens with one attached hydrogen (secondary N) is 2. The Labute approximate surface area is 275 Å². The molecule has 0 spiro atoms. The number of aliphatic carboxylic acids is 1. The number of benzene rings is 3. The lowest BCUT2D eigenvalue weighted by Crippen LogP contribution is -2.58. The van der Waals surface area contributed by atoms with Gasteiger partial charge in [-0.1, -0.05) is 42.5 Å². The van der Waals surface area contributed by atoms with Gasteiger partial charge in [-0.15, -0.1) is 0 Å². The van der Waals surface area contributed by atoms with Crippen molar-refractivity contribution >= 4 is 41.0 Å². The van der Waals surface area contributed by atoms with Crippen LogP contribution in [0.2, 0.25) is 0 Å². The fourth-order valence-corrected chi connectivity index (χ4v) is 5.59. The molecule has 1 aliphatic rings. The topological polar surface area (TPSA) is 135 Å². The van der Waals surface area contributed by atoms with Crippen molar-refractivity contribution in [2.24, 2.45) is 0 Å². The number of hydrogen-bond acceptors (Lipinski definition) is 6. The van der Waals surface area contributed by atoms with E-state index < -0.39 is 18.0 Å². The fourth-order valence-electron chi connectivity index (χ4n) is 5.59. The number of rotatable bonds is 12. The number of carboxylic acid groups (broad SMARTS) is 1. The van der Waals surface area contributed by atoms with Crippen molar-refractivity contribution in [3.8, 4) is 5.75 Å². The van der Waals surface area contributed by atoms with Crippen LogP contribution < -0.4 is 20.3 Å². The zero-order valence-electron chi connectivity index (χ0n) is 27.4. The minimum absolute atomic E-state index is 0.0995. The lowest BCUT2D eigenvalue weighted by Gasteiger charge is -2.43. The molecule has 12 heteroatoms. The van der Waals surface area contributed by atoms with Gasteiger partial charge >= 0.3 is 18.0 Å². The van der Waals surface area contributed by atoms with E-state index in [1.54, 1.807) is 47.0 Å². The lowest BCUT2D eigenvalue weighted by atomic mass is 10.1. The second kappa shape index (κ2) is 16.3. The number of carbonyl (C=O) groups excluding carboxylic acids is 3. The Morgan fingerprint density at radius 2 is 1.57 bits per heavy atom. The number of para-hydroxylation sites is 2. The molecule has 0 aromatic heterocycles. The van der Waals surface area contributed by atoms with Crippen LogP contribution in [0.15, 0.2) is 72.8 Å². The fraction of sp³-hybridized carbons (Fsp3) is 0.371. The average molecular weight is 645 g/mol. The number of carbonyl (C=O) groups is 4. The molecule has 1 saturated heterocycles. The highest BCUT2D eigenvalue weighted by molar-refractivity contribution is 6.01. The molecule has 3 N–H and O–H groups in total. The predicted octanol–water partition coefficient (Wildman–Crippen LogP) is 4.76. The first kappa shape index (κ1) is 34.6. The van der Waals surface area contributed by atoms with Crippen LogP contribution in [0.3, 0.4) is 0 Å². The van der Waals surface area contributed by atoms with Crippen LogP contribution in [0.4, 0.5) is 26.7 Å². The highest BCUT2D eigenvalue weighted by Crippen LogP contribution is 2.27. The molecule has 0 radical (unpaired) electrons. The molecule has 3 aromatic carbocycles. The number of urea groups is 2. The van der Waals surface area contributed by atoms with Gasteiger partial charge in [0.05, 0.1) is 31.7 Å². The summed E-state index contributed by atoms with van der Waals surface area (Å²) in [5.74, 6) is -0.612. The molecule has 3 aromatic rings. The Balaban J connectivity index is 1.25. The van der Waals surface area contributed by atoms with E-state index in [4.69, 9.17) is 4.74 Å². The van der Waals surface area contributed by atoms with E-state index in [1.807, 2.05) is 61.5 Å². The average Bonchev–Trinajstić information content (AvgIpc) is 3.06. The first-order chi connectivity index (χ1) is 22.5. The smallest absolute Gasteiger partial charge is 0.323 e. The SMILES string of the molecule is COc1cc(CC(=O)N(C)CCCN(C)C(=O)N2CCN(c3ccccc3)CC2CC(=O)O)ccc1NC(=O)Nc1ccccc1C. The Morgan fingerprint density at radius 1 is 0.894 bits per heavy atom. The molecule has 4 rings (SSSR count). The number of anilines is 3. The van der Waals surface area contributed by atoms with E-state index in [9.17, 15) is 24.3 Å². The standard InChI is InChI=1S/C35H44N6O6/c1-25-11-8-9-14-29(25)36-34(45)37-30-16-15-26(21-31(30)47-4)22-32(42)38(2)17-10-18-39(3)35(46)41-20-19-40(24-28(41)23-33(43)44)27-12-6-5-7-13-27/h5-9,11-16,21,28H,10,17-20,22-24H2,1-4H3,(H,43,44)(H2,36,37,45). The molecular formula is C35H44N6O6. The summed E-state index contributed by atoms with van der Waals surface area (Å²) in [6.45, 7) is 4.23. The van der Waals surface area contributed by atoms with Crippen molar-refractivity contribution in [3.63, 3.8) is 0 Å². The van der Waals surface area contributed by atoms with E-state index in [-0.39, 0.29) is 24.8 Å². The van der Waals surface area contributed by atoms with Gasteiger partial charge in [-0.3, -0.25) is 9.59 Å². The molecule has 5 amide bonds. The number of carboxylic acids is 1. The van der Waals surface area contributed by atoms with Gasteiger partial charge in [0, 0.05) is 58.2 Å². The normalized spacial score (nSPS) is 14.3. The molecule has 0 saturated carbocycles. The maximum absolute atomic E-state index is 13.4. The number of aryl methyl sites for hydroxylation is 1. The number of amides is 5. The molecule has 1 fully saturated rings. The van der Waals surface area contributed by atoms with Gasteiger partial charge in [-0.2, -0.15) is 0 Å². The summed E-state index contributed by atoms with van der Waals surface area (Å²) < 4.78 is 5.48. The van der Waals surface area contributed by atoms with Gasteiger partial charge in [0.15, 0.2) is 0 Å². The Kier molecular flexibility index (Phi) is 12.0. The van der Waals surface area contributed by atoms with Gasteiger partial charge in [0.25, 0.3) is 0 Å². The van der Waals surface area contributed by atoms with Crippen LogP contribution in [0.25, 0.3) is 0 Å². The van der Waals surface area contributed by atoms with E-state index in [0.717, 1.165) is 16.8 Å². The summed E-state index contributed by atoms with van der Waals surface area (Å²) >= 11 is 0. The van der Waals surface area contributed by atoms with E-state index in [0.29, 0.717) is 56.3 Å². The zero-order chi connectivity index (χ0) is 33.9. The van der Waals surface area contributed by atoms with E-state index in [1.165, 1.54) is 7.11 Å². The molecular weight excluding hydrogens is 600 g/mol. The van der Waals surface area contributed by atoms with Gasteiger partial charge < -0.3 is 40.1 Å². The third kappa shape index (κ3) is 9.62. The number of nitrogens with zero attached hydrogens (tertiary/aromatic N) is 4. The minimum atomic E-state index is -0.947. The Bertz CT molecular complexity index is 1550. The monoisotopic (exact) mass is 644 g/mol. The largest absolute Gasteiger partial charge is 0.495 e. The van der Waals surface area contributed by atoms with Gasteiger partial charge in [-0.25, -0.2) is 9.59 Å². The zero-order valence-corrected chi connectivity index (χ0v) is 27.4. The second-order valence-electron chi connectivity index (χ2n) is 11.7. The van der Waals surface area contributed by atoms with Crippen LogP contribution >= 0.6 is 0 Å². The molecule has 0 aliphatic carbocycles. The van der Waals surface area contributed by atoms with Crippen molar-refractivity contribution in [2.75, 3.05) is 69.5 Å². The van der Waals surface area contributed by atoms with Crippen LogP contribution in [-0.2, 0) is 16.0 Å². The number of piperazine rings is 1. The number of likely N-dealkylation sites (N-methyl/N-ethyl adjacent to an activating group) is 1. The third-order valence-electron chi connectivity index (χ3n) is 8.26. The molecule has 1 unspecified atom stereocenters. The van der Waals surface area contributed by atoms with Crippen molar-refractivity contribution in [3.05, 3.63) is 83.9 Å². The summed E-state index contributed by atoms with van der Waals surface area (Å²) in [6, 6.07) is 21.4. The van der Waals surface area contributed by atoms with Crippen LogP contribution in [-0.4, -0.2) is 104 Å². The minimum Gasteiger partial charge on any atom is -0.495 e. The van der Waals surface area contributed by atoms with Crippen molar-refractivity contribution < 1.29 is 29.0 Å². The van der Waals surface area contributed by atoms with Crippen LogP contribution in [0.5, 0.6) is 5.75 Å². The Hall–Kier alpha value is -5.26. The highest BCUT2D eigenvalue weighted by Gasteiger charge is 2.33. The van der Waals surface area contributed by atoms with Gasteiger partial charge in [0.1, 0.15) is 5.75 Å². The maximum atomic E-state index is 13.4. The van der Waals surface area contributed by atoms with E-state index >= 15 is 0 Å². The maximum Gasteiger partial charge on any atom is 0.323 e. The quantitative estimate of drug-likeness (QED) is 0.259. The Morgan fingerprint density at radius 3 is 2.28 bits per heavy atom. The van der Waals surface area contributed by atoms with Crippen LogP contribution in [0.1, 0.15) is 24.0 Å². The summed E-state index contributed by atoms with van der Waals surface area (Å²) in [5.41, 5.74) is 3.85. The first-order valence-electron chi connectivity index (χ1n) is 15.6. The molecule has 1 atom stereocenters. The summed E-state index contributed by atoms with van der Waals surface area (Å²) in [5, 5.41) is 15.1. The van der Waals surface area contributed by atoms with Gasteiger partial charge in [0.2, 0.25) is 5.91 Å². The lowest BCUT2D eigenvalue weighted by molar-refractivity contribution is -0.138. The second-order valence-corrected chi connectivity index (χ2v) is 11.7. The molecule has 1 heterocycles. The molecule has 0 bridgehead atoms. The summed E-state index contributed by atoms with van der Waals surface area (Å²) in [4.78, 5) is 57.6. The predicted molar refractivity (Wildman–Crippen MR) is 182 cm³/mol.